The maximum Gasteiger partial charge on any atom is 0.0708 e. The first-order valence-corrected chi connectivity index (χ1v) is 7.14. The summed E-state index contributed by atoms with van der Waals surface area (Å²) in [5.74, 6) is 6.61. The van der Waals surface area contributed by atoms with Crippen LogP contribution in [0.2, 0.25) is 0 Å². The average molecular weight is 254 g/mol. The van der Waals surface area contributed by atoms with Crippen molar-refractivity contribution in [2.45, 2.75) is 44.6 Å². The van der Waals surface area contributed by atoms with Gasteiger partial charge >= 0.3 is 0 Å². The van der Waals surface area contributed by atoms with Gasteiger partial charge < -0.3 is 5.11 Å². The number of hydrogen-bond donors (Lipinski definition) is 1. The van der Waals surface area contributed by atoms with Crippen molar-refractivity contribution in [1.29, 1.82) is 0 Å². The Bertz CT molecular complexity index is 465. The summed E-state index contributed by atoms with van der Waals surface area (Å²) < 4.78 is 0. The molecule has 0 heterocycles. The van der Waals surface area contributed by atoms with E-state index in [-0.39, 0.29) is 11.5 Å². The van der Waals surface area contributed by atoms with Gasteiger partial charge in [-0.25, -0.2) is 0 Å². The SMILES string of the molecule is C=CC[C@@]1(C#Cc2ccccc2)CCCCC[C@@H]1O. The zero-order valence-electron chi connectivity index (χ0n) is 11.4. The lowest BCUT2D eigenvalue weighted by atomic mass is 9.75. The fraction of sp³-hybridized carbons (Fsp3) is 0.444. The number of rotatable bonds is 2. The van der Waals surface area contributed by atoms with Crippen LogP contribution in [0.1, 0.15) is 44.1 Å². The zero-order chi connectivity index (χ0) is 13.6. The van der Waals surface area contributed by atoms with Gasteiger partial charge in [-0.15, -0.1) is 6.58 Å². The maximum atomic E-state index is 10.5. The van der Waals surface area contributed by atoms with Gasteiger partial charge in [-0.2, -0.15) is 0 Å². The van der Waals surface area contributed by atoms with Crippen LogP contribution in [-0.4, -0.2) is 11.2 Å². The molecule has 1 aliphatic carbocycles. The van der Waals surface area contributed by atoms with E-state index in [1.807, 2.05) is 36.4 Å². The molecule has 0 bridgehead atoms. The summed E-state index contributed by atoms with van der Waals surface area (Å²) in [4.78, 5) is 0. The molecule has 0 radical (unpaired) electrons. The highest BCUT2D eigenvalue weighted by atomic mass is 16.3. The molecule has 0 saturated heterocycles. The summed E-state index contributed by atoms with van der Waals surface area (Å²) in [6.45, 7) is 3.84. The van der Waals surface area contributed by atoms with Crippen LogP contribution in [0.4, 0.5) is 0 Å². The molecular formula is C18H22O. The third-order valence-electron chi connectivity index (χ3n) is 3.98. The molecular weight excluding hydrogens is 232 g/mol. The van der Waals surface area contributed by atoms with E-state index in [1.165, 1.54) is 6.42 Å². The number of allylic oxidation sites excluding steroid dienone is 1. The monoisotopic (exact) mass is 254 g/mol. The van der Waals surface area contributed by atoms with E-state index in [1.54, 1.807) is 0 Å². The summed E-state index contributed by atoms with van der Waals surface area (Å²) >= 11 is 0. The number of aliphatic hydroxyl groups is 1. The fourth-order valence-electron chi connectivity index (χ4n) is 2.81. The van der Waals surface area contributed by atoms with Gasteiger partial charge in [0.1, 0.15) is 0 Å². The fourth-order valence-corrected chi connectivity index (χ4v) is 2.81. The minimum atomic E-state index is -0.329. The predicted octanol–water partition coefficient (Wildman–Crippen LogP) is 3.93. The third-order valence-corrected chi connectivity index (χ3v) is 3.98. The Morgan fingerprint density at radius 1 is 1.26 bits per heavy atom. The van der Waals surface area contributed by atoms with Crippen LogP contribution < -0.4 is 0 Å². The molecule has 1 aromatic rings. The molecule has 1 aromatic carbocycles. The van der Waals surface area contributed by atoms with Gasteiger partial charge in [0.15, 0.2) is 0 Å². The van der Waals surface area contributed by atoms with Gasteiger partial charge in [0, 0.05) is 5.56 Å². The Balaban J connectivity index is 2.28. The number of hydrogen-bond acceptors (Lipinski definition) is 1. The summed E-state index contributed by atoms with van der Waals surface area (Å²) in [7, 11) is 0. The highest BCUT2D eigenvalue weighted by Crippen LogP contribution is 2.38. The van der Waals surface area contributed by atoms with Crippen LogP contribution in [0, 0.1) is 17.3 Å². The average Bonchev–Trinajstić information content (AvgIpc) is 2.62. The predicted molar refractivity (Wildman–Crippen MR) is 79.7 cm³/mol. The van der Waals surface area contributed by atoms with Crippen molar-refractivity contribution in [3.05, 3.63) is 48.6 Å². The first-order chi connectivity index (χ1) is 9.27. The third kappa shape index (κ3) is 3.49. The molecule has 100 valence electrons. The Labute approximate surface area is 116 Å². The van der Waals surface area contributed by atoms with Crippen molar-refractivity contribution in [3.8, 4) is 11.8 Å². The van der Waals surface area contributed by atoms with Gasteiger partial charge in [-0.1, -0.05) is 55.4 Å². The first-order valence-electron chi connectivity index (χ1n) is 7.14. The second-order valence-corrected chi connectivity index (χ2v) is 5.38. The molecule has 0 aromatic heterocycles. The lowest BCUT2D eigenvalue weighted by Crippen LogP contribution is -2.32. The molecule has 0 amide bonds. The molecule has 2 atom stereocenters. The molecule has 1 heteroatoms. The Morgan fingerprint density at radius 2 is 2.05 bits per heavy atom. The van der Waals surface area contributed by atoms with Crippen LogP contribution in [0.15, 0.2) is 43.0 Å². The first kappa shape index (κ1) is 13.9. The topological polar surface area (TPSA) is 20.2 Å². The van der Waals surface area contributed by atoms with Crippen LogP contribution in [0.5, 0.6) is 0 Å². The van der Waals surface area contributed by atoms with Crippen molar-refractivity contribution < 1.29 is 5.11 Å². The maximum absolute atomic E-state index is 10.5. The Kier molecular flexibility index (Phi) is 4.82. The van der Waals surface area contributed by atoms with E-state index in [2.05, 4.69) is 18.4 Å². The summed E-state index contributed by atoms with van der Waals surface area (Å²) in [6, 6.07) is 10.0. The Hall–Kier alpha value is -1.52. The zero-order valence-corrected chi connectivity index (χ0v) is 11.4. The van der Waals surface area contributed by atoms with Crippen molar-refractivity contribution in [1.82, 2.24) is 0 Å². The standard InChI is InChI=1S/C18H22O/c1-2-13-18(14-8-4-7-11-17(18)19)15-12-16-9-5-3-6-10-16/h2-3,5-6,9-10,17,19H,1,4,7-8,11,13-14H2/t17-,18-/m0/s1. The van der Waals surface area contributed by atoms with E-state index in [0.29, 0.717) is 0 Å². The molecule has 1 N–H and O–H groups in total. The van der Waals surface area contributed by atoms with Crippen LogP contribution in [0.25, 0.3) is 0 Å². The normalized spacial score (nSPS) is 26.9. The van der Waals surface area contributed by atoms with Crippen LogP contribution in [0.3, 0.4) is 0 Å². The highest BCUT2D eigenvalue weighted by Gasteiger charge is 2.35. The molecule has 1 fully saturated rings. The van der Waals surface area contributed by atoms with E-state index in [9.17, 15) is 5.11 Å². The van der Waals surface area contributed by atoms with Crippen LogP contribution in [-0.2, 0) is 0 Å². The second-order valence-electron chi connectivity index (χ2n) is 5.38. The summed E-state index contributed by atoms with van der Waals surface area (Å²) in [5, 5.41) is 10.5. The summed E-state index contributed by atoms with van der Waals surface area (Å²) in [5.41, 5.74) is 0.719. The highest BCUT2D eigenvalue weighted by molar-refractivity contribution is 5.36. The minimum Gasteiger partial charge on any atom is -0.392 e. The van der Waals surface area contributed by atoms with Crippen molar-refractivity contribution in [2.24, 2.45) is 5.41 Å². The van der Waals surface area contributed by atoms with Gasteiger partial charge in [0.2, 0.25) is 0 Å². The minimum absolute atomic E-state index is 0.298. The van der Waals surface area contributed by atoms with Gasteiger partial charge in [-0.3, -0.25) is 0 Å². The second kappa shape index (κ2) is 6.59. The molecule has 19 heavy (non-hydrogen) atoms. The quantitative estimate of drug-likeness (QED) is 0.482. The summed E-state index contributed by atoms with van der Waals surface area (Å²) in [6.07, 6.45) is 7.62. The number of aliphatic hydroxyl groups excluding tert-OH is 1. The van der Waals surface area contributed by atoms with E-state index in [0.717, 1.165) is 37.7 Å². The van der Waals surface area contributed by atoms with E-state index < -0.39 is 0 Å². The van der Waals surface area contributed by atoms with Crippen molar-refractivity contribution in [3.63, 3.8) is 0 Å². The Morgan fingerprint density at radius 3 is 2.79 bits per heavy atom. The molecule has 0 spiro atoms. The smallest absolute Gasteiger partial charge is 0.0708 e. The van der Waals surface area contributed by atoms with Gasteiger partial charge in [0.25, 0.3) is 0 Å². The van der Waals surface area contributed by atoms with Gasteiger partial charge in [-0.05, 0) is 31.4 Å². The van der Waals surface area contributed by atoms with Crippen LogP contribution >= 0.6 is 0 Å². The van der Waals surface area contributed by atoms with Crippen molar-refractivity contribution in [2.75, 3.05) is 0 Å². The largest absolute Gasteiger partial charge is 0.392 e. The molecule has 1 nitrogen and oxygen atoms in total. The molecule has 0 aliphatic heterocycles. The van der Waals surface area contributed by atoms with Gasteiger partial charge in [0.05, 0.1) is 11.5 Å². The van der Waals surface area contributed by atoms with Crippen molar-refractivity contribution >= 4 is 0 Å². The number of benzene rings is 1. The lowest BCUT2D eigenvalue weighted by molar-refractivity contribution is 0.0603. The lowest BCUT2D eigenvalue weighted by Gasteiger charge is -2.31. The molecule has 2 rings (SSSR count). The molecule has 1 saturated carbocycles. The molecule has 0 unspecified atom stereocenters. The van der Waals surface area contributed by atoms with E-state index in [4.69, 9.17) is 0 Å². The van der Waals surface area contributed by atoms with E-state index >= 15 is 0 Å². The molecule has 1 aliphatic rings.